The number of nitrogens with one attached hydrogen (secondary N) is 2. The van der Waals surface area contributed by atoms with Crippen molar-refractivity contribution >= 4 is 11.6 Å². The van der Waals surface area contributed by atoms with E-state index in [9.17, 15) is 9.18 Å². The smallest absolute Gasteiger partial charge is 0.228 e. The van der Waals surface area contributed by atoms with E-state index in [1.165, 1.54) is 6.07 Å². The first-order valence-corrected chi connectivity index (χ1v) is 6.90. The third kappa shape index (κ3) is 4.13. The zero-order valence-corrected chi connectivity index (χ0v) is 12.2. The second-order valence-corrected chi connectivity index (χ2v) is 4.95. The lowest BCUT2D eigenvalue weighted by molar-refractivity contribution is -0.115. The van der Waals surface area contributed by atoms with Crippen molar-refractivity contribution in [2.24, 2.45) is 0 Å². The van der Waals surface area contributed by atoms with E-state index in [0.717, 1.165) is 11.3 Å². The van der Waals surface area contributed by atoms with E-state index in [1.807, 2.05) is 38.2 Å². The van der Waals surface area contributed by atoms with Crippen molar-refractivity contribution in [3.8, 4) is 0 Å². The maximum atomic E-state index is 13.5. The summed E-state index contributed by atoms with van der Waals surface area (Å²) in [5.41, 5.74) is 2.20. The number of amides is 1. The van der Waals surface area contributed by atoms with E-state index >= 15 is 0 Å². The Morgan fingerprint density at radius 2 is 1.95 bits per heavy atom. The molecule has 0 radical (unpaired) electrons. The molecule has 0 bridgehead atoms. The molecule has 1 atom stereocenters. The van der Waals surface area contributed by atoms with E-state index in [4.69, 9.17) is 0 Å². The summed E-state index contributed by atoms with van der Waals surface area (Å²) < 4.78 is 13.5. The second-order valence-electron chi connectivity index (χ2n) is 4.95. The number of hydrogen-bond acceptors (Lipinski definition) is 2. The summed E-state index contributed by atoms with van der Waals surface area (Å²) in [7, 11) is 1.88. The molecule has 2 N–H and O–H groups in total. The molecule has 21 heavy (non-hydrogen) atoms. The van der Waals surface area contributed by atoms with Gasteiger partial charge in [0, 0.05) is 11.7 Å². The van der Waals surface area contributed by atoms with Crippen LogP contribution in [-0.2, 0) is 11.2 Å². The van der Waals surface area contributed by atoms with E-state index in [1.54, 1.807) is 18.2 Å². The van der Waals surface area contributed by atoms with Crippen LogP contribution in [0.25, 0.3) is 0 Å². The number of hydrogen-bond donors (Lipinski definition) is 2. The average Bonchev–Trinajstić information content (AvgIpc) is 2.49. The molecule has 0 heterocycles. The molecule has 1 unspecified atom stereocenters. The lowest BCUT2D eigenvalue weighted by Gasteiger charge is -2.12. The molecule has 0 saturated heterocycles. The molecule has 4 heteroatoms. The normalized spacial score (nSPS) is 12.0. The molecule has 0 aliphatic rings. The summed E-state index contributed by atoms with van der Waals surface area (Å²) in [4.78, 5) is 12.0. The fourth-order valence-corrected chi connectivity index (χ4v) is 2.07. The Bertz CT molecular complexity index is 628. The summed E-state index contributed by atoms with van der Waals surface area (Å²) in [6.45, 7) is 2.04. The van der Waals surface area contributed by atoms with Gasteiger partial charge in [-0.15, -0.1) is 0 Å². The molecule has 2 aromatic rings. The van der Waals surface area contributed by atoms with Gasteiger partial charge < -0.3 is 10.6 Å². The maximum absolute atomic E-state index is 13.5. The predicted molar refractivity (Wildman–Crippen MR) is 82.7 cm³/mol. The van der Waals surface area contributed by atoms with Crippen LogP contribution in [0.1, 0.15) is 24.1 Å². The summed E-state index contributed by atoms with van der Waals surface area (Å²) in [6, 6.07) is 14.1. The fourth-order valence-electron chi connectivity index (χ4n) is 2.07. The number of rotatable bonds is 5. The summed E-state index contributed by atoms with van der Waals surface area (Å²) in [6.07, 6.45) is 0.0263. The van der Waals surface area contributed by atoms with Crippen LogP contribution in [-0.4, -0.2) is 13.0 Å². The van der Waals surface area contributed by atoms with Gasteiger partial charge in [0.25, 0.3) is 0 Å². The van der Waals surface area contributed by atoms with Crippen LogP contribution in [0.3, 0.4) is 0 Å². The lowest BCUT2D eigenvalue weighted by atomic mass is 10.1. The van der Waals surface area contributed by atoms with Crippen molar-refractivity contribution in [3.05, 3.63) is 65.5 Å². The van der Waals surface area contributed by atoms with Gasteiger partial charge in [-0.05, 0) is 43.3 Å². The highest BCUT2D eigenvalue weighted by Crippen LogP contribution is 2.17. The predicted octanol–water partition coefficient (Wildman–Crippen LogP) is 3.29. The van der Waals surface area contributed by atoms with Gasteiger partial charge in [-0.3, -0.25) is 4.79 Å². The van der Waals surface area contributed by atoms with Crippen LogP contribution in [0.15, 0.2) is 48.5 Å². The molecule has 0 fully saturated rings. The van der Waals surface area contributed by atoms with E-state index < -0.39 is 0 Å². The Balaban J connectivity index is 2.05. The Hall–Kier alpha value is -2.20. The number of carbonyl (C=O) groups is 1. The molecule has 0 aromatic heterocycles. The fraction of sp³-hybridized carbons (Fsp3) is 0.235. The zero-order chi connectivity index (χ0) is 15.2. The molecule has 2 aromatic carbocycles. The van der Waals surface area contributed by atoms with Crippen LogP contribution in [0.4, 0.5) is 10.1 Å². The molecule has 2 rings (SSSR count). The van der Waals surface area contributed by atoms with Crippen molar-refractivity contribution in [2.45, 2.75) is 19.4 Å². The summed E-state index contributed by atoms with van der Waals surface area (Å²) in [5, 5.41) is 5.95. The topological polar surface area (TPSA) is 41.1 Å². The molecular weight excluding hydrogens is 267 g/mol. The Kier molecular flexibility index (Phi) is 5.06. The molecule has 1 amide bonds. The highest BCUT2D eigenvalue weighted by molar-refractivity contribution is 5.92. The van der Waals surface area contributed by atoms with E-state index in [2.05, 4.69) is 10.6 Å². The van der Waals surface area contributed by atoms with Crippen LogP contribution in [0.2, 0.25) is 0 Å². The minimum Gasteiger partial charge on any atom is -0.326 e. The molecule has 0 spiro atoms. The van der Waals surface area contributed by atoms with Crippen molar-refractivity contribution in [1.29, 1.82) is 0 Å². The molecule has 0 aliphatic heterocycles. The molecule has 3 nitrogen and oxygen atoms in total. The van der Waals surface area contributed by atoms with Gasteiger partial charge in [-0.25, -0.2) is 4.39 Å². The van der Waals surface area contributed by atoms with Crippen LogP contribution >= 0.6 is 0 Å². The third-order valence-corrected chi connectivity index (χ3v) is 3.41. The number of halogens is 1. The van der Waals surface area contributed by atoms with Gasteiger partial charge in [-0.1, -0.05) is 30.3 Å². The van der Waals surface area contributed by atoms with Gasteiger partial charge >= 0.3 is 0 Å². The van der Waals surface area contributed by atoms with Gasteiger partial charge in [-0.2, -0.15) is 0 Å². The quantitative estimate of drug-likeness (QED) is 0.885. The van der Waals surface area contributed by atoms with E-state index in [0.29, 0.717) is 5.56 Å². The standard InChI is InChI=1S/C17H19FN2O/c1-12(19-2)13-7-5-8-15(10-13)20-17(21)11-14-6-3-4-9-16(14)18/h3-10,12,19H,11H2,1-2H3,(H,20,21). The molecule has 0 aliphatic carbocycles. The Morgan fingerprint density at radius 3 is 2.67 bits per heavy atom. The van der Waals surface area contributed by atoms with Crippen LogP contribution in [0.5, 0.6) is 0 Å². The monoisotopic (exact) mass is 286 g/mol. The zero-order valence-electron chi connectivity index (χ0n) is 12.2. The first-order chi connectivity index (χ1) is 10.1. The molecule has 110 valence electrons. The molecule has 0 saturated carbocycles. The highest BCUT2D eigenvalue weighted by Gasteiger charge is 2.09. The number of benzene rings is 2. The average molecular weight is 286 g/mol. The summed E-state index contributed by atoms with van der Waals surface area (Å²) in [5.74, 6) is -0.584. The van der Waals surface area contributed by atoms with Crippen LogP contribution in [0, 0.1) is 5.82 Å². The minimum absolute atomic E-state index is 0.0263. The number of carbonyl (C=O) groups excluding carboxylic acids is 1. The molecular formula is C17H19FN2O. The van der Waals surface area contributed by atoms with Gasteiger partial charge in [0.2, 0.25) is 5.91 Å². The minimum atomic E-state index is -0.356. The third-order valence-electron chi connectivity index (χ3n) is 3.41. The largest absolute Gasteiger partial charge is 0.326 e. The van der Waals surface area contributed by atoms with E-state index in [-0.39, 0.29) is 24.2 Å². The maximum Gasteiger partial charge on any atom is 0.228 e. The Labute approximate surface area is 124 Å². The van der Waals surface area contributed by atoms with Gasteiger partial charge in [0.15, 0.2) is 0 Å². The SMILES string of the molecule is CNC(C)c1cccc(NC(=O)Cc2ccccc2F)c1. The van der Waals surface area contributed by atoms with Crippen molar-refractivity contribution in [3.63, 3.8) is 0 Å². The summed E-state index contributed by atoms with van der Waals surface area (Å²) >= 11 is 0. The first-order valence-electron chi connectivity index (χ1n) is 6.90. The Morgan fingerprint density at radius 1 is 1.19 bits per heavy atom. The van der Waals surface area contributed by atoms with Crippen molar-refractivity contribution < 1.29 is 9.18 Å². The van der Waals surface area contributed by atoms with Crippen molar-refractivity contribution in [2.75, 3.05) is 12.4 Å². The van der Waals surface area contributed by atoms with Gasteiger partial charge in [0.1, 0.15) is 5.82 Å². The second kappa shape index (κ2) is 6.99. The first kappa shape index (κ1) is 15.2. The van der Waals surface area contributed by atoms with Crippen molar-refractivity contribution in [1.82, 2.24) is 5.32 Å². The van der Waals surface area contributed by atoms with Crippen LogP contribution < -0.4 is 10.6 Å². The van der Waals surface area contributed by atoms with Gasteiger partial charge in [0.05, 0.1) is 6.42 Å². The highest BCUT2D eigenvalue weighted by atomic mass is 19.1. The lowest BCUT2D eigenvalue weighted by Crippen LogP contribution is -2.16. The number of anilines is 1.